The van der Waals surface area contributed by atoms with Gasteiger partial charge in [0.1, 0.15) is 6.33 Å². The van der Waals surface area contributed by atoms with E-state index >= 15 is 0 Å². The zero-order valence-corrected chi connectivity index (χ0v) is 11.0. The topological polar surface area (TPSA) is 63.8 Å². The Labute approximate surface area is 108 Å². The Bertz CT molecular complexity index is 481. The molecule has 0 aliphatic carbocycles. The van der Waals surface area contributed by atoms with Gasteiger partial charge < -0.3 is 0 Å². The first-order valence-electron chi connectivity index (χ1n) is 5.19. The minimum absolute atomic E-state index is 0.104. The molecule has 0 aliphatic heterocycles. The fourth-order valence-corrected chi connectivity index (χ4v) is 2.40. The second-order valence-electron chi connectivity index (χ2n) is 3.83. The van der Waals surface area contributed by atoms with E-state index in [1.807, 2.05) is 13.0 Å². The molecule has 2 aromatic rings. The lowest BCUT2D eigenvalue weighted by atomic mass is 10.0. The van der Waals surface area contributed by atoms with E-state index in [0.29, 0.717) is 0 Å². The van der Waals surface area contributed by atoms with Gasteiger partial charge in [0.05, 0.1) is 6.04 Å². The number of halogens is 1. The van der Waals surface area contributed by atoms with Gasteiger partial charge in [0.2, 0.25) is 0 Å². The summed E-state index contributed by atoms with van der Waals surface area (Å²) in [6.07, 6.45) is 5.02. The number of nitrogens with one attached hydrogen (secondary N) is 1. The molecule has 1 unspecified atom stereocenters. The number of aromatic nitrogens is 2. The molecule has 1 aromatic heterocycles. The van der Waals surface area contributed by atoms with Crippen LogP contribution in [0.1, 0.15) is 22.7 Å². The highest BCUT2D eigenvalue weighted by Crippen LogP contribution is 2.24. The summed E-state index contributed by atoms with van der Waals surface area (Å²) in [4.78, 5) is 8.01. The zero-order chi connectivity index (χ0) is 12.3. The van der Waals surface area contributed by atoms with Gasteiger partial charge in [-0.15, -0.1) is 0 Å². The number of benzene rings is 1. The van der Waals surface area contributed by atoms with Gasteiger partial charge in [-0.05, 0) is 30.2 Å². The van der Waals surface area contributed by atoms with E-state index in [0.717, 1.165) is 15.6 Å². The Morgan fingerprint density at radius 2 is 1.88 bits per heavy atom. The van der Waals surface area contributed by atoms with Gasteiger partial charge in [-0.3, -0.25) is 5.84 Å². The molecule has 1 heterocycles. The third kappa shape index (κ3) is 2.88. The summed E-state index contributed by atoms with van der Waals surface area (Å²) in [6.45, 7) is 2.04. The molecule has 0 aliphatic rings. The molecule has 17 heavy (non-hydrogen) atoms. The summed E-state index contributed by atoms with van der Waals surface area (Å²) in [7, 11) is 0. The molecule has 5 heteroatoms. The van der Waals surface area contributed by atoms with Crippen LogP contribution in [-0.4, -0.2) is 9.97 Å². The predicted octanol–water partition coefficient (Wildman–Crippen LogP) is 2.10. The molecule has 0 saturated heterocycles. The lowest BCUT2D eigenvalue weighted by Crippen LogP contribution is -2.29. The summed E-state index contributed by atoms with van der Waals surface area (Å²) in [5.41, 5.74) is 5.98. The summed E-state index contributed by atoms with van der Waals surface area (Å²) < 4.78 is 1.03. The molecular formula is C12H13BrN4. The number of aryl methyl sites for hydroxylation is 1. The fraction of sp³-hybridized carbons (Fsp3) is 0.167. The van der Waals surface area contributed by atoms with E-state index in [2.05, 4.69) is 43.5 Å². The average molecular weight is 293 g/mol. The highest BCUT2D eigenvalue weighted by atomic mass is 79.9. The van der Waals surface area contributed by atoms with Crippen LogP contribution in [0.3, 0.4) is 0 Å². The third-order valence-electron chi connectivity index (χ3n) is 2.48. The monoisotopic (exact) mass is 292 g/mol. The summed E-state index contributed by atoms with van der Waals surface area (Å²) in [6, 6.07) is 6.07. The van der Waals surface area contributed by atoms with Crippen molar-refractivity contribution in [1.82, 2.24) is 15.4 Å². The molecule has 0 amide bonds. The number of hydrogen-bond acceptors (Lipinski definition) is 4. The minimum Gasteiger partial charge on any atom is -0.271 e. The van der Waals surface area contributed by atoms with Crippen LogP contribution in [0, 0.1) is 6.92 Å². The van der Waals surface area contributed by atoms with Crippen LogP contribution in [0.15, 0.2) is 41.4 Å². The predicted molar refractivity (Wildman–Crippen MR) is 70.1 cm³/mol. The summed E-state index contributed by atoms with van der Waals surface area (Å²) in [5.74, 6) is 5.62. The van der Waals surface area contributed by atoms with E-state index in [1.165, 1.54) is 11.9 Å². The highest BCUT2D eigenvalue weighted by Gasteiger charge is 2.13. The lowest BCUT2D eigenvalue weighted by Gasteiger charge is -2.16. The maximum absolute atomic E-state index is 5.62. The molecule has 3 N–H and O–H groups in total. The Morgan fingerprint density at radius 3 is 2.47 bits per heavy atom. The number of nitrogens with two attached hydrogens (primary N) is 1. The van der Waals surface area contributed by atoms with Gasteiger partial charge in [0.25, 0.3) is 0 Å². The van der Waals surface area contributed by atoms with E-state index < -0.39 is 0 Å². The minimum atomic E-state index is -0.104. The first-order chi connectivity index (χ1) is 8.20. The highest BCUT2D eigenvalue weighted by molar-refractivity contribution is 9.10. The van der Waals surface area contributed by atoms with Crippen molar-refractivity contribution < 1.29 is 0 Å². The van der Waals surface area contributed by atoms with Crippen molar-refractivity contribution in [2.75, 3.05) is 0 Å². The molecule has 0 bridgehead atoms. The molecule has 88 valence electrons. The summed E-state index contributed by atoms with van der Waals surface area (Å²) >= 11 is 3.48. The van der Waals surface area contributed by atoms with Crippen LogP contribution in [0.2, 0.25) is 0 Å². The second-order valence-corrected chi connectivity index (χ2v) is 4.75. The van der Waals surface area contributed by atoms with Crippen molar-refractivity contribution in [1.29, 1.82) is 0 Å². The van der Waals surface area contributed by atoms with Gasteiger partial charge in [0.15, 0.2) is 0 Å². The van der Waals surface area contributed by atoms with Crippen molar-refractivity contribution in [2.24, 2.45) is 5.84 Å². The average Bonchev–Trinajstić information content (AvgIpc) is 2.30. The van der Waals surface area contributed by atoms with Gasteiger partial charge >= 0.3 is 0 Å². The van der Waals surface area contributed by atoms with Crippen molar-refractivity contribution in [3.8, 4) is 0 Å². The van der Waals surface area contributed by atoms with Gasteiger partial charge in [0, 0.05) is 22.4 Å². The molecule has 4 nitrogen and oxygen atoms in total. The molecule has 0 spiro atoms. The Kier molecular flexibility index (Phi) is 3.83. The van der Waals surface area contributed by atoms with E-state index in [4.69, 9.17) is 5.84 Å². The van der Waals surface area contributed by atoms with Crippen molar-refractivity contribution in [3.63, 3.8) is 0 Å². The zero-order valence-electron chi connectivity index (χ0n) is 9.39. The van der Waals surface area contributed by atoms with Crippen molar-refractivity contribution in [2.45, 2.75) is 13.0 Å². The third-order valence-corrected chi connectivity index (χ3v) is 2.94. The Balaban J connectivity index is 2.42. The van der Waals surface area contributed by atoms with Crippen LogP contribution in [0.5, 0.6) is 0 Å². The molecule has 0 saturated carbocycles. The molecule has 0 fully saturated rings. The van der Waals surface area contributed by atoms with Crippen LogP contribution < -0.4 is 11.3 Å². The van der Waals surface area contributed by atoms with E-state index in [1.54, 1.807) is 12.4 Å². The summed E-state index contributed by atoms with van der Waals surface area (Å²) in [5, 5.41) is 0. The van der Waals surface area contributed by atoms with Crippen LogP contribution >= 0.6 is 15.9 Å². The number of nitrogens with zero attached hydrogens (tertiary/aromatic N) is 2. The van der Waals surface area contributed by atoms with Crippen LogP contribution in [-0.2, 0) is 0 Å². The first kappa shape index (κ1) is 12.2. The number of hydrogen-bond donors (Lipinski definition) is 2. The van der Waals surface area contributed by atoms with Crippen LogP contribution in [0.4, 0.5) is 0 Å². The number of hydrazine groups is 1. The second kappa shape index (κ2) is 5.35. The largest absolute Gasteiger partial charge is 0.271 e. The Hall–Kier alpha value is -1.30. The van der Waals surface area contributed by atoms with Crippen LogP contribution in [0.25, 0.3) is 0 Å². The van der Waals surface area contributed by atoms with Crippen molar-refractivity contribution >= 4 is 15.9 Å². The number of rotatable bonds is 3. The van der Waals surface area contributed by atoms with E-state index in [9.17, 15) is 0 Å². The lowest BCUT2D eigenvalue weighted by molar-refractivity contribution is 0.631. The van der Waals surface area contributed by atoms with Gasteiger partial charge in [-0.1, -0.05) is 22.0 Å². The van der Waals surface area contributed by atoms with Crippen molar-refractivity contribution in [3.05, 3.63) is 58.1 Å². The Morgan fingerprint density at radius 1 is 1.18 bits per heavy atom. The first-order valence-corrected chi connectivity index (χ1v) is 5.98. The fourth-order valence-electron chi connectivity index (χ4n) is 1.78. The quantitative estimate of drug-likeness (QED) is 0.672. The molecular weight excluding hydrogens is 280 g/mol. The normalized spacial score (nSPS) is 12.4. The molecule has 1 atom stereocenters. The van der Waals surface area contributed by atoms with E-state index in [-0.39, 0.29) is 6.04 Å². The smallest absolute Gasteiger partial charge is 0.115 e. The maximum atomic E-state index is 5.62. The molecule has 0 radical (unpaired) electrons. The van der Waals surface area contributed by atoms with Gasteiger partial charge in [-0.2, -0.15) is 0 Å². The molecule has 1 aromatic carbocycles. The maximum Gasteiger partial charge on any atom is 0.115 e. The standard InChI is InChI=1S/C12H13BrN4/c1-8-2-9(4-11(13)3-8)12(17-14)10-5-15-7-16-6-10/h2-7,12,17H,14H2,1H3. The molecule has 2 rings (SSSR count). The van der Waals surface area contributed by atoms with Gasteiger partial charge in [-0.25, -0.2) is 15.4 Å². The SMILES string of the molecule is Cc1cc(Br)cc(C(NN)c2cncnc2)c1.